The van der Waals surface area contributed by atoms with Crippen LogP contribution >= 0.6 is 0 Å². The van der Waals surface area contributed by atoms with Crippen LogP contribution in [0.4, 0.5) is 0 Å². The summed E-state index contributed by atoms with van der Waals surface area (Å²) in [5, 5.41) is 27.3. The average molecular weight is 561 g/mol. The lowest BCUT2D eigenvalue weighted by molar-refractivity contribution is -0.142. The van der Waals surface area contributed by atoms with Crippen LogP contribution in [0.5, 0.6) is 0 Å². The molecule has 0 spiro atoms. The number of H-pyrrole nitrogens is 1. The Balaban J connectivity index is 2.18. The maximum atomic E-state index is 13.3. The molecule has 2 aromatic rings. The maximum absolute atomic E-state index is 13.3. The second-order valence-electron chi connectivity index (χ2n) is 10.2. The highest BCUT2D eigenvalue weighted by atomic mass is 16.4. The van der Waals surface area contributed by atoms with E-state index < -0.39 is 60.2 Å². The molecule has 0 aliphatic carbocycles. The fourth-order valence-corrected chi connectivity index (χ4v) is 4.29. The molecule has 13 nitrogen and oxygen atoms in total. The van der Waals surface area contributed by atoms with Crippen molar-refractivity contribution in [1.82, 2.24) is 20.9 Å². The van der Waals surface area contributed by atoms with Gasteiger partial charge in [-0.05, 0) is 49.8 Å². The van der Waals surface area contributed by atoms with Gasteiger partial charge in [0.2, 0.25) is 17.7 Å². The second-order valence-corrected chi connectivity index (χ2v) is 10.2. The van der Waals surface area contributed by atoms with E-state index in [0.29, 0.717) is 24.9 Å². The van der Waals surface area contributed by atoms with E-state index in [4.69, 9.17) is 16.6 Å². The predicted octanol–water partition coefficient (Wildman–Crippen LogP) is 0.227. The number of carbonyl (C=O) groups is 5. The van der Waals surface area contributed by atoms with E-state index in [1.807, 2.05) is 38.1 Å². The molecule has 0 fully saturated rings. The molecule has 0 aliphatic rings. The van der Waals surface area contributed by atoms with Gasteiger partial charge in [0.05, 0.1) is 12.5 Å². The molecular weight excluding hydrogens is 520 g/mol. The summed E-state index contributed by atoms with van der Waals surface area (Å²) in [4.78, 5) is 65.0. The van der Waals surface area contributed by atoms with Crippen molar-refractivity contribution in [2.24, 2.45) is 17.4 Å². The number of hydrogen-bond acceptors (Lipinski definition) is 7. The summed E-state index contributed by atoms with van der Waals surface area (Å²) in [6.45, 7) is 4.03. The Bertz CT molecular complexity index is 1180. The first kappa shape index (κ1) is 32.2. The molecule has 0 aliphatic heterocycles. The van der Waals surface area contributed by atoms with Gasteiger partial charge < -0.3 is 42.6 Å². The number of rotatable bonds is 17. The summed E-state index contributed by atoms with van der Waals surface area (Å²) in [5.74, 6) is -4.69. The highest BCUT2D eigenvalue weighted by Crippen LogP contribution is 2.19. The van der Waals surface area contributed by atoms with Crippen LogP contribution in [0.15, 0.2) is 30.5 Å². The Labute approximate surface area is 232 Å². The fourth-order valence-electron chi connectivity index (χ4n) is 4.29. The molecule has 1 heterocycles. The molecule has 1 aromatic heterocycles. The van der Waals surface area contributed by atoms with E-state index in [1.54, 1.807) is 6.20 Å². The number of carboxylic acids is 2. The number of amides is 3. The minimum atomic E-state index is -1.36. The topological polar surface area (TPSA) is 230 Å². The number of para-hydroxylation sites is 1. The van der Waals surface area contributed by atoms with E-state index >= 15 is 0 Å². The molecule has 4 unspecified atom stereocenters. The summed E-state index contributed by atoms with van der Waals surface area (Å²) < 4.78 is 0. The minimum Gasteiger partial charge on any atom is -0.481 e. The Morgan fingerprint density at radius 1 is 0.900 bits per heavy atom. The highest BCUT2D eigenvalue weighted by Gasteiger charge is 2.31. The molecular formula is C27H40N6O7. The van der Waals surface area contributed by atoms with Crippen LogP contribution in [-0.2, 0) is 30.4 Å². The van der Waals surface area contributed by atoms with Gasteiger partial charge in [0.25, 0.3) is 0 Å². The maximum Gasteiger partial charge on any atom is 0.326 e. The van der Waals surface area contributed by atoms with Crippen LogP contribution in [0.2, 0.25) is 0 Å². The molecule has 4 atom stereocenters. The zero-order valence-corrected chi connectivity index (χ0v) is 22.8. The molecule has 10 N–H and O–H groups in total. The Morgan fingerprint density at radius 3 is 2.15 bits per heavy atom. The van der Waals surface area contributed by atoms with E-state index in [-0.39, 0.29) is 25.2 Å². The van der Waals surface area contributed by atoms with E-state index in [2.05, 4.69) is 20.9 Å². The number of carboxylic acid groups (broad SMARTS) is 2. The SMILES string of the molecule is CC(C)CC(NC(=O)C(N)CC(=O)O)C(=O)NC(CCCCN)C(=O)NC(Cc1c[nH]c2ccccc12)C(=O)O. The van der Waals surface area contributed by atoms with Crippen molar-refractivity contribution in [2.45, 2.75) is 76.5 Å². The number of aromatic amines is 1. The van der Waals surface area contributed by atoms with Crippen LogP contribution in [0.25, 0.3) is 10.9 Å². The molecule has 40 heavy (non-hydrogen) atoms. The van der Waals surface area contributed by atoms with E-state index in [0.717, 1.165) is 10.9 Å². The first-order valence-corrected chi connectivity index (χ1v) is 13.3. The van der Waals surface area contributed by atoms with Gasteiger partial charge in [-0.15, -0.1) is 0 Å². The monoisotopic (exact) mass is 560 g/mol. The molecule has 2 rings (SSSR count). The molecule has 13 heteroatoms. The molecule has 0 saturated heterocycles. The summed E-state index contributed by atoms with van der Waals surface area (Å²) in [6, 6.07) is 2.59. The zero-order chi connectivity index (χ0) is 29.8. The van der Waals surface area contributed by atoms with Gasteiger partial charge in [-0.25, -0.2) is 4.79 Å². The first-order valence-electron chi connectivity index (χ1n) is 13.3. The van der Waals surface area contributed by atoms with Crippen molar-refractivity contribution in [3.05, 3.63) is 36.0 Å². The molecule has 1 aromatic carbocycles. The average Bonchev–Trinajstić information content (AvgIpc) is 3.29. The normalized spacial score (nSPS) is 14.2. The van der Waals surface area contributed by atoms with Crippen LogP contribution < -0.4 is 27.4 Å². The van der Waals surface area contributed by atoms with Gasteiger partial charge in [-0.2, -0.15) is 0 Å². The quantitative estimate of drug-likeness (QED) is 0.124. The molecule has 3 amide bonds. The molecule has 0 bridgehead atoms. The number of aromatic nitrogens is 1. The lowest BCUT2D eigenvalue weighted by Gasteiger charge is -2.26. The van der Waals surface area contributed by atoms with Gasteiger partial charge in [0, 0.05) is 23.5 Å². The number of carbonyl (C=O) groups excluding carboxylic acids is 3. The van der Waals surface area contributed by atoms with Crippen LogP contribution in [-0.4, -0.2) is 75.6 Å². The zero-order valence-electron chi connectivity index (χ0n) is 22.8. The van der Waals surface area contributed by atoms with Crippen LogP contribution in [0, 0.1) is 5.92 Å². The third kappa shape index (κ3) is 9.97. The van der Waals surface area contributed by atoms with Crippen LogP contribution in [0.3, 0.4) is 0 Å². The molecule has 0 saturated carbocycles. The Kier molecular flexibility index (Phi) is 12.6. The summed E-state index contributed by atoms with van der Waals surface area (Å²) in [5.41, 5.74) is 12.8. The second kappa shape index (κ2) is 15.6. The van der Waals surface area contributed by atoms with Crippen molar-refractivity contribution in [3.8, 4) is 0 Å². The van der Waals surface area contributed by atoms with Crippen molar-refractivity contribution in [1.29, 1.82) is 0 Å². The third-order valence-corrected chi connectivity index (χ3v) is 6.36. The van der Waals surface area contributed by atoms with Crippen molar-refractivity contribution >= 4 is 40.6 Å². The fraction of sp³-hybridized carbons (Fsp3) is 0.519. The predicted molar refractivity (Wildman–Crippen MR) is 148 cm³/mol. The number of nitrogens with two attached hydrogens (primary N) is 2. The van der Waals surface area contributed by atoms with Crippen molar-refractivity contribution < 1.29 is 34.2 Å². The summed E-state index contributed by atoms with van der Waals surface area (Å²) in [6.07, 6.45) is 2.55. The van der Waals surface area contributed by atoms with Crippen molar-refractivity contribution in [2.75, 3.05) is 6.54 Å². The number of fused-ring (bicyclic) bond motifs is 1. The van der Waals surface area contributed by atoms with Gasteiger partial charge >= 0.3 is 11.9 Å². The summed E-state index contributed by atoms with van der Waals surface area (Å²) in [7, 11) is 0. The molecule has 220 valence electrons. The molecule has 0 radical (unpaired) electrons. The van der Waals surface area contributed by atoms with Gasteiger partial charge in [-0.1, -0.05) is 32.0 Å². The standard InChI is InChI=1S/C27H40N6O7/c1-15(2)11-21(32-24(36)18(29)13-23(34)35)26(38)31-20(9-5-6-10-28)25(37)33-22(27(39)40)12-16-14-30-19-8-4-3-7-17(16)19/h3-4,7-8,14-15,18,20-22,30H,5-6,9-13,28-29H2,1-2H3,(H,31,38)(H,32,36)(H,33,37)(H,34,35)(H,39,40). The highest BCUT2D eigenvalue weighted by molar-refractivity contribution is 5.95. The lowest BCUT2D eigenvalue weighted by Crippen LogP contribution is -2.57. The Hall–Kier alpha value is -3.97. The lowest BCUT2D eigenvalue weighted by atomic mass is 10.0. The number of benzene rings is 1. The summed E-state index contributed by atoms with van der Waals surface area (Å²) >= 11 is 0. The van der Waals surface area contributed by atoms with Crippen molar-refractivity contribution in [3.63, 3.8) is 0 Å². The number of aliphatic carboxylic acids is 2. The largest absolute Gasteiger partial charge is 0.481 e. The van der Waals surface area contributed by atoms with Gasteiger partial charge in [0.15, 0.2) is 0 Å². The van der Waals surface area contributed by atoms with E-state index in [9.17, 15) is 29.1 Å². The van der Waals surface area contributed by atoms with E-state index in [1.165, 1.54) is 0 Å². The third-order valence-electron chi connectivity index (χ3n) is 6.36. The van der Waals surface area contributed by atoms with Crippen LogP contribution in [0.1, 0.15) is 51.5 Å². The number of unbranched alkanes of at least 4 members (excludes halogenated alkanes) is 1. The smallest absolute Gasteiger partial charge is 0.326 e. The Morgan fingerprint density at radius 2 is 1.52 bits per heavy atom. The van der Waals surface area contributed by atoms with Gasteiger partial charge in [-0.3, -0.25) is 19.2 Å². The van der Waals surface area contributed by atoms with Gasteiger partial charge in [0.1, 0.15) is 18.1 Å². The number of nitrogens with one attached hydrogen (secondary N) is 4. The first-order chi connectivity index (χ1) is 18.9. The minimum absolute atomic E-state index is 0.0159. The number of hydrogen-bond donors (Lipinski definition) is 8.